The fourth-order valence-electron chi connectivity index (χ4n) is 2.99. The fraction of sp³-hybridized carbons (Fsp3) is 0. The van der Waals surface area contributed by atoms with Gasteiger partial charge in [0.25, 0.3) is 5.91 Å². The van der Waals surface area contributed by atoms with Crippen LogP contribution in [-0.4, -0.2) is 26.0 Å². The highest BCUT2D eigenvalue weighted by molar-refractivity contribution is 8.18. The topological polar surface area (TPSA) is 80.1 Å². The second kappa shape index (κ2) is 7.27. The summed E-state index contributed by atoms with van der Waals surface area (Å²) in [5.74, 6) is -0.291. The highest BCUT2D eigenvalue weighted by Gasteiger charge is 2.22. The largest absolute Gasteiger partial charge is 0.333 e. The Morgan fingerprint density at radius 2 is 1.72 bits per heavy atom. The minimum absolute atomic E-state index is 0.291. The SMILES string of the molecule is O=C1N=C(Nc2cc3nccnc3cc2Cl)S/C1=C\c1ccc2ncccc2c1. The zero-order valence-electron chi connectivity index (χ0n) is 14.8. The molecule has 0 aliphatic carbocycles. The number of anilines is 1. The number of aliphatic imine (C=N–C) groups is 1. The van der Waals surface area contributed by atoms with Gasteiger partial charge in [-0.05, 0) is 53.7 Å². The predicted molar refractivity (Wildman–Crippen MR) is 118 cm³/mol. The number of aromatic nitrogens is 3. The van der Waals surface area contributed by atoms with Gasteiger partial charge in [-0.15, -0.1) is 0 Å². The number of thioether (sulfide) groups is 1. The molecule has 29 heavy (non-hydrogen) atoms. The highest BCUT2D eigenvalue weighted by Crippen LogP contribution is 2.32. The number of pyridine rings is 1. The first-order chi connectivity index (χ1) is 14.2. The average molecular weight is 418 g/mol. The number of halogens is 1. The number of benzene rings is 2. The molecule has 1 amide bonds. The van der Waals surface area contributed by atoms with E-state index in [2.05, 4.69) is 25.3 Å². The lowest BCUT2D eigenvalue weighted by atomic mass is 10.1. The molecule has 5 rings (SSSR count). The number of nitrogens with one attached hydrogen (secondary N) is 1. The summed E-state index contributed by atoms with van der Waals surface area (Å²) in [6.07, 6.45) is 6.81. The van der Waals surface area contributed by atoms with Crippen LogP contribution in [-0.2, 0) is 4.79 Å². The summed E-state index contributed by atoms with van der Waals surface area (Å²) in [5.41, 5.74) is 3.85. The molecule has 1 aliphatic heterocycles. The number of amides is 1. The van der Waals surface area contributed by atoms with Crippen molar-refractivity contribution in [2.75, 3.05) is 5.32 Å². The van der Waals surface area contributed by atoms with Crippen LogP contribution in [0.1, 0.15) is 5.56 Å². The maximum atomic E-state index is 12.4. The molecule has 0 saturated heterocycles. The molecule has 0 saturated carbocycles. The van der Waals surface area contributed by atoms with Crippen molar-refractivity contribution in [2.24, 2.45) is 4.99 Å². The third kappa shape index (κ3) is 3.57. The van der Waals surface area contributed by atoms with Crippen LogP contribution in [0.5, 0.6) is 0 Å². The number of amidine groups is 1. The minimum Gasteiger partial charge on any atom is -0.333 e. The van der Waals surface area contributed by atoms with E-state index in [0.717, 1.165) is 16.5 Å². The first-order valence-corrected chi connectivity index (χ1v) is 9.90. The Morgan fingerprint density at radius 1 is 0.931 bits per heavy atom. The molecule has 0 bridgehead atoms. The normalized spacial score (nSPS) is 15.3. The number of carbonyl (C=O) groups is 1. The highest BCUT2D eigenvalue weighted by atomic mass is 35.5. The van der Waals surface area contributed by atoms with Crippen molar-refractivity contribution in [3.05, 3.63) is 76.5 Å². The van der Waals surface area contributed by atoms with Crippen molar-refractivity contribution in [3.8, 4) is 0 Å². The van der Waals surface area contributed by atoms with Crippen molar-refractivity contribution in [1.82, 2.24) is 15.0 Å². The lowest BCUT2D eigenvalue weighted by molar-refractivity contribution is -0.113. The van der Waals surface area contributed by atoms with Gasteiger partial charge >= 0.3 is 0 Å². The van der Waals surface area contributed by atoms with E-state index in [-0.39, 0.29) is 5.91 Å². The number of hydrogen-bond acceptors (Lipinski definition) is 6. The summed E-state index contributed by atoms with van der Waals surface area (Å²) in [5, 5.41) is 5.08. The van der Waals surface area contributed by atoms with E-state index in [0.29, 0.717) is 31.8 Å². The Bertz CT molecular complexity index is 1350. The summed E-state index contributed by atoms with van der Waals surface area (Å²) in [4.78, 5) is 29.8. The Morgan fingerprint density at radius 3 is 2.59 bits per heavy atom. The number of nitrogens with zero attached hydrogens (tertiary/aromatic N) is 4. The quantitative estimate of drug-likeness (QED) is 0.466. The molecule has 1 N–H and O–H groups in total. The maximum Gasteiger partial charge on any atom is 0.286 e. The fourth-order valence-corrected chi connectivity index (χ4v) is 4.03. The molecule has 8 heteroatoms. The molecule has 140 valence electrons. The maximum absolute atomic E-state index is 12.4. The van der Waals surface area contributed by atoms with E-state index in [1.807, 2.05) is 36.4 Å². The molecule has 1 aliphatic rings. The number of carbonyl (C=O) groups excluding carboxylic acids is 1. The second-order valence-electron chi connectivity index (χ2n) is 6.29. The van der Waals surface area contributed by atoms with E-state index in [9.17, 15) is 4.79 Å². The van der Waals surface area contributed by atoms with Crippen LogP contribution in [0.15, 0.2) is 71.0 Å². The van der Waals surface area contributed by atoms with Crippen LogP contribution >= 0.6 is 23.4 Å². The molecule has 2 aromatic carbocycles. The van der Waals surface area contributed by atoms with Gasteiger partial charge < -0.3 is 5.32 Å². The van der Waals surface area contributed by atoms with Gasteiger partial charge in [0, 0.05) is 24.0 Å². The van der Waals surface area contributed by atoms with Gasteiger partial charge in [0.05, 0.1) is 32.2 Å². The molecular formula is C21H12ClN5OS. The minimum atomic E-state index is -0.291. The van der Waals surface area contributed by atoms with Crippen LogP contribution in [0, 0.1) is 0 Å². The molecule has 0 fully saturated rings. The summed E-state index contributed by atoms with van der Waals surface area (Å²) in [6, 6.07) is 13.2. The summed E-state index contributed by atoms with van der Waals surface area (Å²) in [7, 11) is 0. The van der Waals surface area contributed by atoms with Gasteiger partial charge in [0.15, 0.2) is 5.17 Å². The molecule has 0 unspecified atom stereocenters. The van der Waals surface area contributed by atoms with Crippen molar-refractivity contribution in [1.29, 1.82) is 0 Å². The molecule has 0 spiro atoms. The van der Waals surface area contributed by atoms with Crippen LogP contribution in [0.3, 0.4) is 0 Å². The number of hydrogen-bond donors (Lipinski definition) is 1. The van der Waals surface area contributed by atoms with E-state index < -0.39 is 0 Å². The monoisotopic (exact) mass is 417 g/mol. The van der Waals surface area contributed by atoms with Gasteiger partial charge in [0.1, 0.15) is 0 Å². The number of fused-ring (bicyclic) bond motifs is 2. The summed E-state index contributed by atoms with van der Waals surface area (Å²) >= 11 is 7.61. The Kier molecular flexibility index (Phi) is 4.46. The van der Waals surface area contributed by atoms with E-state index in [1.54, 1.807) is 30.7 Å². The Hall–Kier alpha value is -3.29. The van der Waals surface area contributed by atoms with Gasteiger partial charge in [-0.3, -0.25) is 19.7 Å². The van der Waals surface area contributed by atoms with Crippen LogP contribution in [0.25, 0.3) is 28.0 Å². The lowest BCUT2D eigenvalue weighted by Crippen LogP contribution is -2.05. The first kappa shape index (κ1) is 17.8. The smallest absolute Gasteiger partial charge is 0.286 e. The Labute approximate surface area is 174 Å². The van der Waals surface area contributed by atoms with Gasteiger partial charge in [0.2, 0.25) is 0 Å². The average Bonchev–Trinajstić information content (AvgIpc) is 3.07. The zero-order valence-corrected chi connectivity index (χ0v) is 16.4. The number of rotatable bonds is 2. The van der Waals surface area contributed by atoms with E-state index in [1.165, 1.54) is 11.8 Å². The first-order valence-electron chi connectivity index (χ1n) is 8.70. The molecule has 2 aromatic heterocycles. The summed E-state index contributed by atoms with van der Waals surface area (Å²) < 4.78 is 0. The van der Waals surface area contributed by atoms with Crippen molar-refractivity contribution in [2.45, 2.75) is 0 Å². The molecule has 4 aromatic rings. The van der Waals surface area contributed by atoms with Crippen LogP contribution in [0.2, 0.25) is 5.02 Å². The van der Waals surface area contributed by atoms with E-state index in [4.69, 9.17) is 11.6 Å². The molecule has 0 radical (unpaired) electrons. The molecule has 3 heterocycles. The Balaban J connectivity index is 1.40. The lowest BCUT2D eigenvalue weighted by Gasteiger charge is -2.08. The summed E-state index contributed by atoms with van der Waals surface area (Å²) in [6.45, 7) is 0. The standard InChI is InChI=1S/C21H12ClN5OS/c22-14-10-17-18(25-7-6-24-17)11-16(14)26-21-27-20(28)19(29-21)9-12-3-4-15-13(8-12)2-1-5-23-15/h1-11H,(H,26,27,28)/b19-9-. The molecular weight excluding hydrogens is 406 g/mol. The zero-order chi connectivity index (χ0) is 19.8. The molecule has 0 atom stereocenters. The van der Waals surface area contributed by atoms with Gasteiger partial charge in [-0.2, -0.15) is 4.99 Å². The van der Waals surface area contributed by atoms with Crippen LogP contribution < -0.4 is 5.32 Å². The van der Waals surface area contributed by atoms with Crippen molar-refractivity contribution >= 4 is 68.1 Å². The van der Waals surface area contributed by atoms with Crippen molar-refractivity contribution < 1.29 is 4.79 Å². The molecule has 6 nitrogen and oxygen atoms in total. The van der Waals surface area contributed by atoms with Crippen LogP contribution in [0.4, 0.5) is 5.69 Å². The van der Waals surface area contributed by atoms with Gasteiger partial charge in [-0.25, -0.2) is 0 Å². The van der Waals surface area contributed by atoms with E-state index >= 15 is 0 Å². The van der Waals surface area contributed by atoms with Gasteiger partial charge in [-0.1, -0.05) is 23.7 Å². The van der Waals surface area contributed by atoms with Crippen molar-refractivity contribution in [3.63, 3.8) is 0 Å². The third-order valence-electron chi connectivity index (χ3n) is 4.35. The second-order valence-corrected chi connectivity index (χ2v) is 7.73. The third-order valence-corrected chi connectivity index (χ3v) is 5.56. The predicted octanol–water partition coefficient (Wildman–Crippen LogP) is 4.91.